The van der Waals surface area contributed by atoms with Gasteiger partial charge in [-0.2, -0.15) is 0 Å². The van der Waals surface area contributed by atoms with Crippen molar-refractivity contribution in [1.29, 1.82) is 0 Å². The molecule has 0 aliphatic rings. The molecule has 0 N–H and O–H groups in total. The molecule has 9 aromatic rings. The van der Waals surface area contributed by atoms with Gasteiger partial charge in [0.2, 0.25) is 5.89 Å². The Kier molecular flexibility index (Phi) is 5.16. The highest BCUT2D eigenvalue weighted by Gasteiger charge is 2.17. The van der Waals surface area contributed by atoms with Crippen molar-refractivity contribution < 1.29 is 8.83 Å². The van der Waals surface area contributed by atoms with E-state index in [1.54, 1.807) is 0 Å². The molecule has 202 valence electrons. The summed E-state index contributed by atoms with van der Waals surface area (Å²) in [5.41, 5.74) is 7.55. The maximum Gasteiger partial charge on any atom is 0.227 e. The number of fused-ring (bicyclic) bond motifs is 8. The van der Waals surface area contributed by atoms with E-state index in [1.807, 2.05) is 48.5 Å². The lowest BCUT2D eigenvalue weighted by Crippen LogP contribution is -2.09. The van der Waals surface area contributed by atoms with E-state index in [0.717, 1.165) is 71.8 Å². The summed E-state index contributed by atoms with van der Waals surface area (Å²) in [5, 5.41) is 6.74. The van der Waals surface area contributed by atoms with Gasteiger partial charge in [-0.15, -0.1) is 0 Å². The number of hydrogen-bond acceptors (Lipinski definition) is 4. The van der Waals surface area contributed by atoms with E-state index in [9.17, 15) is 0 Å². The molecule has 0 aliphatic heterocycles. The van der Waals surface area contributed by atoms with Gasteiger partial charge in [-0.25, -0.2) is 4.98 Å². The van der Waals surface area contributed by atoms with Crippen LogP contribution in [-0.2, 0) is 0 Å². The number of hydrogen-bond donors (Lipinski definition) is 0. The van der Waals surface area contributed by atoms with Gasteiger partial charge in [0.25, 0.3) is 0 Å². The number of benzene rings is 7. The highest BCUT2D eigenvalue weighted by atomic mass is 16.3. The molecule has 9 rings (SSSR count). The molecule has 4 heteroatoms. The van der Waals surface area contributed by atoms with Gasteiger partial charge >= 0.3 is 0 Å². The number of nitrogens with zero attached hydrogens (tertiary/aromatic N) is 2. The number of aromatic nitrogens is 1. The summed E-state index contributed by atoms with van der Waals surface area (Å²) in [6.07, 6.45) is 0. The Bertz CT molecular complexity index is 2460. The van der Waals surface area contributed by atoms with E-state index in [0.29, 0.717) is 5.89 Å². The standard InChI is InChI=1S/C39H24N2O2/c1-3-9-26(10-4-1)39-40-35-22-21-30-33(38(35)43-39)19-16-25-15-17-28(23-34(25)30)41(27-11-5-2-6-12-27)29-18-20-32-31-13-7-8-14-36(31)42-37(32)24-29/h1-24H. The van der Waals surface area contributed by atoms with Crippen molar-refractivity contribution in [3.63, 3.8) is 0 Å². The molecule has 0 saturated carbocycles. The number of oxazole rings is 1. The summed E-state index contributed by atoms with van der Waals surface area (Å²) in [4.78, 5) is 7.08. The molecule has 4 nitrogen and oxygen atoms in total. The van der Waals surface area contributed by atoms with Crippen LogP contribution in [0.2, 0.25) is 0 Å². The monoisotopic (exact) mass is 552 g/mol. The van der Waals surface area contributed by atoms with Crippen LogP contribution in [-0.4, -0.2) is 4.98 Å². The number of rotatable bonds is 4. The Morgan fingerprint density at radius 1 is 0.442 bits per heavy atom. The van der Waals surface area contributed by atoms with Gasteiger partial charge in [-0.1, -0.05) is 72.8 Å². The Hall–Kier alpha value is -5.87. The summed E-state index contributed by atoms with van der Waals surface area (Å²) in [5.74, 6) is 0.633. The fourth-order valence-corrected chi connectivity index (χ4v) is 6.23. The SMILES string of the molecule is c1ccc(-c2nc3ccc4c5cc(N(c6ccccc6)c6ccc7c(c6)oc6ccccc67)ccc5ccc4c3o2)cc1. The zero-order chi connectivity index (χ0) is 28.3. The van der Waals surface area contributed by atoms with Gasteiger partial charge in [0.15, 0.2) is 5.58 Å². The van der Waals surface area contributed by atoms with Crippen LogP contribution in [0.5, 0.6) is 0 Å². The van der Waals surface area contributed by atoms with E-state index in [-0.39, 0.29) is 0 Å². The summed E-state index contributed by atoms with van der Waals surface area (Å²) in [6.45, 7) is 0. The molecule has 0 amide bonds. The van der Waals surface area contributed by atoms with Crippen LogP contribution < -0.4 is 4.90 Å². The Morgan fingerprint density at radius 2 is 1.12 bits per heavy atom. The fourth-order valence-electron chi connectivity index (χ4n) is 6.23. The second-order valence-corrected chi connectivity index (χ2v) is 10.8. The Balaban J connectivity index is 1.24. The van der Waals surface area contributed by atoms with Crippen molar-refractivity contribution in [2.45, 2.75) is 0 Å². The second-order valence-electron chi connectivity index (χ2n) is 10.8. The van der Waals surface area contributed by atoms with Crippen molar-refractivity contribution in [2.24, 2.45) is 0 Å². The average Bonchev–Trinajstić information content (AvgIpc) is 3.67. The molecule has 2 aromatic heterocycles. The minimum atomic E-state index is 0.633. The van der Waals surface area contributed by atoms with Crippen molar-refractivity contribution >= 4 is 71.6 Å². The first-order chi connectivity index (χ1) is 21.3. The third kappa shape index (κ3) is 3.81. The zero-order valence-electron chi connectivity index (χ0n) is 23.1. The van der Waals surface area contributed by atoms with Gasteiger partial charge in [0, 0.05) is 44.9 Å². The predicted octanol–water partition coefficient (Wildman–Crippen LogP) is 11.2. The van der Waals surface area contributed by atoms with Crippen molar-refractivity contribution in [2.75, 3.05) is 4.90 Å². The highest BCUT2D eigenvalue weighted by Crippen LogP contribution is 2.41. The lowest BCUT2D eigenvalue weighted by molar-refractivity contribution is 0.623. The van der Waals surface area contributed by atoms with Crippen LogP contribution in [0.15, 0.2) is 154 Å². The molecule has 0 bridgehead atoms. The number of furan rings is 1. The quantitative estimate of drug-likeness (QED) is 0.204. The van der Waals surface area contributed by atoms with Crippen molar-refractivity contribution in [3.05, 3.63) is 146 Å². The molecule has 0 unspecified atom stereocenters. The summed E-state index contributed by atoms with van der Waals surface area (Å²) >= 11 is 0. The molecule has 0 aliphatic carbocycles. The third-order valence-corrected chi connectivity index (χ3v) is 8.27. The molecule has 0 saturated heterocycles. The normalized spacial score (nSPS) is 11.7. The predicted molar refractivity (Wildman–Crippen MR) is 176 cm³/mol. The molecular weight excluding hydrogens is 528 g/mol. The van der Waals surface area contributed by atoms with Crippen LogP contribution in [0.25, 0.3) is 66.0 Å². The van der Waals surface area contributed by atoms with E-state index in [1.165, 1.54) is 5.39 Å². The highest BCUT2D eigenvalue weighted by molar-refractivity contribution is 6.16. The molecule has 0 spiro atoms. The van der Waals surface area contributed by atoms with Gasteiger partial charge < -0.3 is 13.7 Å². The average molecular weight is 553 g/mol. The molecule has 0 radical (unpaired) electrons. The van der Waals surface area contributed by atoms with Crippen LogP contribution in [0, 0.1) is 0 Å². The number of anilines is 3. The van der Waals surface area contributed by atoms with Gasteiger partial charge in [0.05, 0.1) is 0 Å². The van der Waals surface area contributed by atoms with E-state index < -0.39 is 0 Å². The Labute approximate surface area is 247 Å². The minimum absolute atomic E-state index is 0.633. The number of para-hydroxylation sites is 2. The molecule has 43 heavy (non-hydrogen) atoms. The second kappa shape index (κ2) is 9.33. The fraction of sp³-hybridized carbons (Fsp3) is 0. The van der Waals surface area contributed by atoms with Crippen LogP contribution >= 0.6 is 0 Å². The molecular formula is C39H24N2O2. The summed E-state index contributed by atoms with van der Waals surface area (Å²) in [6, 6.07) is 50.4. The minimum Gasteiger partial charge on any atom is -0.456 e. The van der Waals surface area contributed by atoms with Gasteiger partial charge in [-0.3, -0.25) is 0 Å². The molecule has 0 fully saturated rings. The first-order valence-electron chi connectivity index (χ1n) is 14.4. The lowest BCUT2D eigenvalue weighted by atomic mass is 10.00. The molecule has 0 atom stereocenters. The Morgan fingerprint density at radius 3 is 2.00 bits per heavy atom. The third-order valence-electron chi connectivity index (χ3n) is 8.27. The first-order valence-corrected chi connectivity index (χ1v) is 14.4. The van der Waals surface area contributed by atoms with Crippen LogP contribution in [0.1, 0.15) is 0 Å². The molecule has 7 aromatic carbocycles. The van der Waals surface area contributed by atoms with E-state index in [4.69, 9.17) is 13.8 Å². The van der Waals surface area contributed by atoms with Gasteiger partial charge in [-0.05, 0) is 82.9 Å². The maximum absolute atomic E-state index is 6.37. The van der Waals surface area contributed by atoms with Crippen LogP contribution in [0.4, 0.5) is 17.1 Å². The maximum atomic E-state index is 6.37. The van der Waals surface area contributed by atoms with Gasteiger partial charge in [0.1, 0.15) is 16.7 Å². The smallest absolute Gasteiger partial charge is 0.227 e. The lowest BCUT2D eigenvalue weighted by Gasteiger charge is -2.26. The first kappa shape index (κ1) is 23.8. The largest absolute Gasteiger partial charge is 0.456 e. The van der Waals surface area contributed by atoms with Crippen molar-refractivity contribution in [3.8, 4) is 11.5 Å². The summed E-state index contributed by atoms with van der Waals surface area (Å²) in [7, 11) is 0. The van der Waals surface area contributed by atoms with Crippen LogP contribution in [0.3, 0.4) is 0 Å². The van der Waals surface area contributed by atoms with E-state index >= 15 is 0 Å². The topological polar surface area (TPSA) is 42.4 Å². The molecule has 2 heterocycles. The van der Waals surface area contributed by atoms with Crippen molar-refractivity contribution in [1.82, 2.24) is 4.98 Å². The summed E-state index contributed by atoms with van der Waals surface area (Å²) < 4.78 is 12.6. The zero-order valence-corrected chi connectivity index (χ0v) is 23.1. The van der Waals surface area contributed by atoms with E-state index in [2.05, 4.69) is 102 Å².